The Kier molecular flexibility index (Phi) is 23.5. The van der Waals surface area contributed by atoms with E-state index in [4.69, 9.17) is 34.4 Å². The van der Waals surface area contributed by atoms with E-state index >= 15 is 0 Å². The number of rotatable bonds is 19. The number of hydrogen-bond donors (Lipinski definition) is 14. The highest BCUT2D eigenvalue weighted by atomic mass is 33.1. The summed E-state index contributed by atoms with van der Waals surface area (Å²) in [4.78, 5) is 135. The number of nitrogens with one attached hydrogen (secondary N) is 8. The van der Waals surface area contributed by atoms with Gasteiger partial charge in [0.25, 0.3) is 0 Å². The SMILES string of the molecule is CC(=O)N[C@@H](CCCN=C(N)N)C(=O)N[C@H]1CCSSC(C)(C)[C@@H](C(N)=O)NC(=O)[C@H](Cc2c[nH]c3ccccc23)NC(=O)[C@H](CCCN=C(N)N)NC(=O)[C@@H](Cc2ccccc2)NC(=O)[C@H](CCC(N)=O)NC1=O. The smallest absolute Gasteiger partial charge is 0.243 e. The van der Waals surface area contributed by atoms with Crippen molar-refractivity contribution in [3.8, 4) is 0 Å². The van der Waals surface area contributed by atoms with Crippen molar-refractivity contribution in [2.45, 2.75) is 126 Å². The van der Waals surface area contributed by atoms with Crippen molar-refractivity contribution in [1.82, 2.24) is 42.2 Å². The van der Waals surface area contributed by atoms with Gasteiger partial charge in [0.1, 0.15) is 42.3 Å². The summed E-state index contributed by atoms with van der Waals surface area (Å²) in [6.07, 6.45) is 1.04. The Balaban J connectivity index is 1.83. The highest BCUT2D eigenvalue weighted by Crippen LogP contribution is 2.39. The minimum absolute atomic E-state index is 0.0481. The van der Waals surface area contributed by atoms with Crippen LogP contribution in [0, 0.1) is 0 Å². The second kappa shape index (κ2) is 29.4. The van der Waals surface area contributed by atoms with Gasteiger partial charge in [-0.3, -0.25) is 53.1 Å². The Bertz CT molecular complexity index is 2550. The van der Waals surface area contributed by atoms with Crippen molar-refractivity contribution in [2.75, 3.05) is 18.8 Å². The van der Waals surface area contributed by atoms with Crippen LogP contribution in [-0.4, -0.2) is 136 Å². The highest BCUT2D eigenvalue weighted by molar-refractivity contribution is 8.77. The molecule has 0 aliphatic carbocycles. The van der Waals surface area contributed by atoms with Gasteiger partial charge in [-0.05, 0) is 69.6 Å². The maximum absolute atomic E-state index is 14.6. The summed E-state index contributed by atoms with van der Waals surface area (Å²) in [6, 6.07) is 6.31. The lowest BCUT2D eigenvalue weighted by molar-refractivity contribution is -0.136. The molecule has 408 valence electrons. The van der Waals surface area contributed by atoms with Crippen molar-refractivity contribution in [1.29, 1.82) is 0 Å². The molecular formula is C48H70N16O9S2. The van der Waals surface area contributed by atoms with Crippen molar-refractivity contribution in [2.24, 2.45) is 44.4 Å². The lowest BCUT2D eigenvalue weighted by Gasteiger charge is -2.33. The van der Waals surface area contributed by atoms with Crippen LogP contribution >= 0.6 is 21.6 Å². The molecule has 2 aromatic carbocycles. The number of fused-ring (bicyclic) bond motifs is 1. The summed E-state index contributed by atoms with van der Waals surface area (Å²) in [5, 5.41) is 19.6. The molecule has 1 aromatic heterocycles. The standard InChI is InChI=1S/C48H70N16O9S2/c1-26(65)58-31(15-9-20-55-46(51)52)40(68)61-34-19-22-74-75-48(2,3)38(39(50)67)64-45(73)36(24-28-25-57-30-14-8-7-13-29(28)30)63-41(69)32(16-10-21-56-47(53)54)59-44(72)35(23-27-11-5-4-6-12-27)62-42(70)33(60-43(34)71)17-18-37(49)66/h4-8,11-14,25,31-36,38,57H,9-10,15-24H2,1-3H3,(H2,49,66)(H2,50,67)(H,58,65)(H,59,72)(H,60,71)(H,61,68)(H,62,70)(H,63,69)(H,64,73)(H4,51,52,55)(H4,53,54,56)/t31-,32-,33-,34-,35+,36-,38+/m0/s1. The number of hydrogen-bond acceptors (Lipinski definition) is 13. The molecule has 25 nitrogen and oxygen atoms in total. The minimum atomic E-state index is -1.52. The fourth-order valence-corrected chi connectivity index (χ4v) is 10.7. The van der Waals surface area contributed by atoms with Crippen LogP contribution in [0.25, 0.3) is 10.9 Å². The first kappa shape index (κ1) is 60.0. The number of aliphatic imine (C=N–C) groups is 2. The highest BCUT2D eigenvalue weighted by Gasteiger charge is 2.40. The van der Waals surface area contributed by atoms with Gasteiger partial charge in [-0.25, -0.2) is 0 Å². The maximum Gasteiger partial charge on any atom is 0.243 e. The van der Waals surface area contributed by atoms with Crippen LogP contribution in [0.2, 0.25) is 0 Å². The van der Waals surface area contributed by atoms with Gasteiger partial charge in [0.05, 0.1) is 0 Å². The lowest BCUT2D eigenvalue weighted by atomic mass is 9.99. The van der Waals surface area contributed by atoms with Crippen LogP contribution in [0.4, 0.5) is 0 Å². The molecule has 1 saturated heterocycles. The zero-order valence-corrected chi connectivity index (χ0v) is 43.8. The predicted molar refractivity (Wildman–Crippen MR) is 288 cm³/mol. The Morgan fingerprint density at radius 3 is 1.89 bits per heavy atom. The average molecular weight is 1080 g/mol. The van der Waals surface area contributed by atoms with Crippen molar-refractivity contribution < 1.29 is 43.2 Å². The molecule has 0 radical (unpaired) electrons. The second-order valence-corrected chi connectivity index (χ2v) is 21.4. The normalized spacial score (nSPS) is 21.5. The van der Waals surface area contributed by atoms with E-state index in [1.807, 2.05) is 24.3 Å². The van der Waals surface area contributed by atoms with Crippen LogP contribution in [0.5, 0.6) is 0 Å². The van der Waals surface area contributed by atoms with E-state index in [9.17, 15) is 43.2 Å². The van der Waals surface area contributed by atoms with Crippen LogP contribution in [0.3, 0.4) is 0 Å². The Hall–Kier alpha value is -7.55. The molecule has 0 saturated carbocycles. The fraction of sp³-hybridized carbons (Fsp3) is 0.479. The second-order valence-electron chi connectivity index (χ2n) is 18.4. The van der Waals surface area contributed by atoms with Crippen molar-refractivity contribution in [3.63, 3.8) is 0 Å². The van der Waals surface area contributed by atoms with Crippen LogP contribution < -0.4 is 71.6 Å². The third kappa shape index (κ3) is 20.0. The van der Waals surface area contributed by atoms with Crippen molar-refractivity contribution in [3.05, 3.63) is 71.9 Å². The molecule has 1 aliphatic heterocycles. The molecule has 2 heterocycles. The molecule has 0 spiro atoms. The number of para-hydroxylation sites is 1. The molecule has 1 aliphatic rings. The number of amides is 9. The first-order valence-electron chi connectivity index (χ1n) is 24.2. The number of guanidine groups is 2. The number of carbonyl (C=O) groups excluding carboxylic acids is 9. The quantitative estimate of drug-likeness (QED) is 0.0262. The molecule has 75 heavy (non-hydrogen) atoms. The van der Waals surface area contributed by atoms with E-state index in [0.29, 0.717) is 11.1 Å². The number of aromatic nitrogens is 1. The van der Waals surface area contributed by atoms with Gasteiger partial charge in [-0.1, -0.05) is 70.1 Å². The number of primary amides is 2. The van der Waals surface area contributed by atoms with E-state index in [1.54, 1.807) is 50.4 Å². The Morgan fingerprint density at radius 2 is 1.27 bits per heavy atom. The van der Waals surface area contributed by atoms with Crippen molar-refractivity contribution >= 4 is 97.6 Å². The third-order valence-corrected chi connectivity index (χ3v) is 15.2. The van der Waals surface area contributed by atoms with E-state index in [0.717, 1.165) is 21.7 Å². The van der Waals surface area contributed by atoms with Crippen LogP contribution in [0.1, 0.15) is 76.8 Å². The van der Waals surface area contributed by atoms with E-state index < -0.39 is 107 Å². The number of nitrogens with zero attached hydrogens (tertiary/aromatic N) is 2. The molecule has 9 amide bonds. The van der Waals surface area contributed by atoms with E-state index in [1.165, 1.54) is 17.7 Å². The van der Waals surface area contributed by atoms with E-state index in [-0.39, 0.29) is 82.1 Å². The van der Waals surface area contributed by atoms with Gasteiger partial charge in [-0.15, -0.1) is 0 Å². The first-order chi connectivity index (χ1) is 35.5. The number of nitrogens with two attached hydrogens (primary N) is 6. The number of benzene rings is 2. The molecule has 1 fully saturated rings. The Morgan fingerprint density at radius 1 is 0.707 bits per heavy atom. The first-order valence-corrected chi connectivity index (χ1v) is 26.5. The van der Waals surface area contributed by atoms with Gasteiger partial charge in [0, 0.05) is 66.9 Å². The summed E-state index contributed by atoms with van der Waals surface area (Å²) < 4.78 is -1.17. The molecular weight excluding hydrogens is 1010 g/mol. The lowest BCUT2D eigenvalue weighted by Crippen LogP contribution is -2.61. The number of aromatic amines is 1. The zero-order valence-electron chi connectivity index (χ0n) is 42.1. The van der Waals surface area contributed by atoms with Gasteiger partial charge >= 0.3 is 0 Å². The molecule has 7 atom stereocenters. The Labute approximate surface area is 442 Å². The van der Waals surface area contributed by atoms with Gasteiger partial charge < -0.3 is 76.6 Å². The minimum Gasteiger partial charge on any atom is -0.370 e. The van der Waals surface area contributed by atoms with Gasteiger partial charge in [-0.2, -0.15) is 0 Å². The predicted octanol–water partition coefficient (Wildman–Crippen LogP) is -2.21. The van der Waals surface area contributed by atoms with Crippen LogP contribution in [-0.2, 0) is 56.0 Å². The maximum atomic E-state index is 14.6. The zero-order chi connectivity index (χ0) is 55.2. The number of H-pyrrole nitrogens is 1. The average Bonchev–Trinajstić information content (AvgIpc) is 3.75. The molecule has 3 aromatic rings. The largest absolute Gasteiger partial charge is 0.370 e. The summed E-state index contributed by atoms with van der Waals surface area (Å²) >= 11 is 0. The topological polar surface area (TPSA) is 434 Å². The summed E-state index contributed by atoms with van der Waals surface area (Å²) in [5.41, 5.74) is 35.5. The number of carbonyl (C=O) groups is 9. The van der Waals surface area contributed by atoms with Gasteiger partial charge in [0.15, 0.2) is 11.9 Å². The summed E-state index contributed by atoms with van der Waals surface area (Å²) in [6.45, 7) is 4.70. The molecule has 4 rings (SSSR count). The monoisotopic (exact) mass is 1080 g/mol. The summed E-state index contributed by atoms with van der Waals surface area (Å²) in [7, 11) is 2.32. The third-order valence-electron chi connectivity index (χ3n) is 11.8. The fourth-order valence-electron chi connectivity index (χ4n) is 8.00. The molecule has 27 heteroatoms. The molecule has 0 bridgehead atoms. The van der Waals surface area contributed by atoms with E-state index in [2.05, 4.69) is 52.2 Å². The molecule has 20 N–H and O–H groups in total. The molecule has 0 unspecified atom stereocenters. The van der Waals surface area contributed by atoms with Gasteiger partial charge in [0.2, 0.25) is 53.2 Å². The van der Waals surface area contributed by atoms with Crippen LogP contribution in [0.15, 0.2) is 70.8 Å². The summed E-state index contributed by atoms with van der Waals surface area (Å²) in [5.74, 6) is -7.53.